The zero-order valence-electron chi connectivity index (χ0n) is 12.8. The van der Waals surface area contributed by atoms with Crippen LogP contribution in [0.3, 0.4) is 0 Å². The molecule has 21 heavy (non-hydrogen) atoms. The smallest absolute Gasteiger partial charge is 0.244 e. The fourth-order valence-electron chi connectivity index (χ4n) is 2.98. The third kappa shape index (κ3) is 5.25. The van der Waals surface area contributed by atoms with E-state index >= 15 is 0 Å². The van der Waals surface area contributed by atoms with Gasteiger partial charge in [-0.15, -0.1) is 0 Å². The summed E-state index contributed by atoms with van der Waals surface area (Å²) in [6, 6.07) is 7.76. The van der Waals surface area contributed by atoms with Crippen molar-refractivity contribution in [2.75, 3.05) is 5.73 Å². The number of carbonyl (C=O) groups excluding carboxylic acids is 1. The van der Waals surface area contributed by atoms with Crippen molar-refractivity contribution in [2.45, 2.75) is 51.5 Å². The maximum atomic E-state index is 12.0. The predicted molar refractivity (Wildman–Crippen MR) is 88.7 cm³/mol. The average Bonchev–Trinajstić information content (AvgIpc) is 2.76. The third-order valence-electron chi connectivity index (χ3n) is 4.34. The first kappa shape index (κ1) is 15.6. The van der Waals surface area contributed by atoms with Gasteiger partial charge in [-0.3, -0.25) is 4.79 Å². The Bertz CT molecular complexity index is 470. The molecular weight excluding hydrogens is 260 g/mol. The summed E-state index contributed by atoms with van der Waals surface area (Å²) < 4.78 is 0. The van der Waals surface area contributed by atoms with E-state index in [4.69, 9.17) is 5.73 Å². The number of carbonyl (C=O) groups is 1. The maximum absolute atomic E-state index is 12.0. The number of amides is 1. The Hall–Kier alpha value is -1.77. The number of hydrogen-bond donors (Lipinski definition) is 2. The number of nitrogens with two attached hydrogens (primary N) is 1. The van der Waals surface area contributed by atoms with Gasteiger partial charge in [-0.1, -0.05) is 37.8 Å². The van der Waals surface area contributed by atoms with Crippen LogP contribution in [0, 0.1) is 5.92 Å². The second kappa shape index (κ2) is 7.87. The minimum Gasteiger partial charge on any atom is -0.399 e. The Labute approximate surface area is 127 Å². The number of anilines is 1. The maximum Gasteiger partial charge on any atom is 0.244 e. The molecule has 1 aliphatic carbocycles. The third-order valence-corrected chi connectivity index (χ3v) is 4.34. The van der Waals surface area contributed by atoms with E-state index in [1.807, 2.05) is 30.3 Å². The standard InChI is InChI=1S/C18H26N2O/c1-14(16-6-4-2-3-5-7-16)20-18(21)13-10-15-8-11-17(19)12-9-15/h8-14,16H,2-7,19H2,1H3,(H,20,21)/b13-10+/t14-/m0/s1. The lowest BCUT2D eigenvalue weighted by atomic mass is 9.93. The molecule has 0 radical (unpaired) electrons. The molecule has 3 heteroatoms. The molecule has 1 atom stereocenters. The molecular formula is C18H26N2O. The predicted octanol–water partition coefficient (Wildman–Crippen LogP) is 3.76. The highest BCUT2D eigenvalue weighted by Crippen LogP contribution is 2.25. The summed E-state index contributed by atoms with van der Waals surface area (Å²) in [6.07, 6.45) is 11.2. The van der Waals surface area contributed by atoms with Gasteiger partial charge in [0, 0.05) is 17.8 Å². The van der Waals surface area contributed by atoms with Crippen molar-refractivity contribution in [3.8, 4) is 0 Å². The van der Waals surface area contributed by atoms with E-state index in [2.05, 4.69) is 12.2 Å². The lowest BCUT2D eigenvalue weighted by Gasteiger charge is -2.22. The first-order valence-electron chi connectivity index (χ1n) is 7.99. The quantitative estimate of drug-likeness (QED) is 0.503. The largest absolute Gasteiger partial charge is 0.399 e. The van der Waals surface area contributed by atoms with Crippen LogP contribution in [0.2, 0.25) is 0 Å². The molecule has 3 N–H and O–H groups in total. The number of rotatable bonds is 4. The number of benzene rings is 1. The summed E-state index contributed by atoms with van der Waals surface area (Å²) in [4.78, 5) is 12.0. The van der Waals surface area contributed by atoms with Gasteiger partial charge < -0.3 is 11.1 Å². The van der Waals surface area contributed by atoms with Crippen LogP contribution in [-0.4, -0.2) is 11.9 Å². The summed E-state index contributed by atoms with van der Waals surface area (Å²) in [6.45, 7) is 2.13. The van der Waals surface area contributed by atoms with Crippen molar-refractivity contribution in [2.24, 2.45) is 5.92 Å². The number of hydrogen-bond acceptors (Lipinski definition) is 2. The molecule has 0 spiro atoms. The molecule has 0 heterocycles. The Morgan fingerprint density at radius 1 is 1.19 bits per heavy atom. The van der Waals surface area contributed by atoms with Gasteiger partial charge in [0.05, 0.1) is 0 Å². The van der Waals surface area contributed by atoms with Crippen LogP contribution in [0.25, 0.3) is 6.08 Å². The zero-order chi connectivity index (χ0) is 15.1. The average molecular weight is 286 g/mol. The van der Waals surface area contributed by atoms with Gasteiger partial charge in [-0.2, -0.15) is 0 Å². The minimum absolute atomic E-state index is 0.0106. The van der Waals surface area contributed by atoms with Crippen LogP contribution in [0.1, 0.15) is 51.0 Å². The van der Waals surface area contributed by atoms with Crippen molar-refractivity contribution >= 4 is 17.7 Å². The highest BCUT2D eigenvalue weighted by molar-refractivity contribution is 5.91. The van der Waals surface area contributed by atoms with Crippen LogP contribution in [0.15, 0.2) is 30.3 Å². The first-order valence-corrected chi connectivity index (χ1v) is 7.99. The van der Waals surface area contributed by atoms with Gasteiger partial charge in [0.2, 0.25) is 5.91 Å². The number of nitrogen functional groups attached to an aromatic ring is 1. The van der Waals surface area contributed by atoms with Crippen molar-refractivity contribution in [3.63, 3.8) is 0 Å². The Morgan fingerprint density at radius 3 is 2.43 bits per heavy atom. The topological polar surface area (TPSA) is 55.1 Å². The molecule has 1 saturated carbocycles. The molecule has 1 aromatic carbocycles. The van der Waals surface area contributed by atoms with E-state index in [0.29, 0.717) is 5.92 Å². The van der Waals surface area contributed by atoms with Gasteiger partial charge in [-0.05, 0) is 49.5 Å². The van der Waals surface area contributed by atoms with Crippen molar-refractivity contribution < 1.29 is 4.79 Å². The minimum atomic E-state index is -0.0106. The molecule has 3 nitrogen and oxygen atoms in total. The fourth-order valence-corrected chi connectivity index (χ4v) is 2.98. The lowest BCUT2D eigenvalue weighted by molar-refractivity contribution is -0.117. The molecule has 0 aliphatic heterocycles. The van der Waals surface area contributed by atoms with E-state index in [1.54, 1.807) is 6.08 Å². The van der Waals surface area contributed by atoms with E-state index in [0.717, 1.165) is 11.3 Å². The highest BCUT2D eigenvalue weighted by Gasteiger charge is 2.19. The molecule has 0 saturated heterocycles. The molecule has 1 fully saturated rings. The second-order valence-corrected chi connectivity index (χ2v) is 6.05. The Morgan fingerprint density at radius 2 is 1.81 bits per heavy atom. The molecule has 1 amide bonds. The highest BCUT2D eigenvalue weighted by atomic mass is 16.1. The summed E-state index contributed by atoms with van der Waals surface area (Å²) in [7, 11) is 0. The second-order valence-electron chi connectivity index (χ2n) is 6.05. The van der Waals surface area contributed by atoms with E-state index in [-0.39, 0.29) is 11.9 Å². The Kier molecular flexibility index (Phi) is 5.85. The van der Waals surface area contributed by atoms with Crippen LogP contribution in [0.4, 0.5) is 5.69 Å². The first-order chi connectivity index (χ1) is 10.1. The summed E-state index contributed by atoms with van der Waals surface area (Å²) in [5, 5.41) is 3.11. The Balaban J connectivity index is 1.84. The zero-order valence-corrected chi connectivity index (χ0v) is 12.8. The fraction of sp³-hybridized carbons (Fsp3) is 0.500. The van der Waals surface area contributed by atoms with Gasteiger partial charge >= 0.3 is 0 Å². The van der Waals surface area contributed by atoms with Crippen LogP contribution >= 0.6 is 0 Å². The summed E-state index contributed by atoms with van der Waals surface area (Å²) in [5.74, 6) is 0.616. The number of nitrogens with one attached hydrogen (secondary N) is 1. The van der Waals surface area contributed by atoms with Crippen molar-refractivity contribution in [1.82, 2.24) is 5.32 Å². The monoisotopic (exact) mass is 286 g/mol. The van der Waals surface area contributed by atoms with Crippen molar-refractivity contribution in [3.05, 3.63) is 35.9 Å². The normalized spacial score (nSPS) is 18.3. The van der Waals surface area contributed by atoms with E-state index < -0.39 is 0 Å². The molecule has 0 aromatic heterocycles. The van der Waals surface area contributed by atoms with E-state index in [9.17, 15) is 4.79 Å². The summed E-state index contributed by atoms with van der Waals surface area (Å²) >= 11 is 0. The molecule has 2 rings (SSSR count). The van der Waals surface area contributed by atoms with E-state index in [1.165, 1.54) is 38.5 Å². The SMILES string of the molecule is C[C@H](NC(=O)/C=C/c1ccc(N)cc1)C1CCCCCC1. The molecule has 0 unspecified atom stereocenters. The summed E-state index contributed by atoms with van der Waals surface area (Å²) in [5.41, 5.74) is 7.36. The van der Waals surface area contributed by atoms with Gasteiger partial charge in [0.15, 0.2) is 0 Å². The molecule has 1 aliphatic rings. The van der Waals surface area contributed by atoms with Crippen molar-refractivity contribution in [1.29, 1.82) is 0 Å². The molecule has 1 aromatic rings. The van der Waals surface area contributed by atoms with Gasteiger partial charge in [0.1, 0.15) is 0 Å². The molecule has 0 bridgehead atoms. The van der Waals surface area contributed by atoms with Gasteiger partial charge in [0.25, 0.3) is 0 Å². The van der Waals surface area contributed by atoms with Gasteiger partial charge in [-0.25, -0.2) is 0 Å². The molecule has 114 valence electrons. The van der Waals surface area contributed by atoms with Crippen LogP contribution in [0.5, 0.6) is 0 Å². The lowest BCUT2D eigenvalue weighted by Crippen LogP contribution is -2.37. The van der Waals surface area contributed by atoms with Crippen LogP contribution < -0.4 is 11.1 Å². The van der Waals surface area contributed by atoms with Crippen LogP contribution in [-0.2, 0) is 4.79 Å².